The molecule has 0 aliphatic carbocycles. The molecule has 0 saturated carbocycles. The van der Waals surface area contributed by atoms with Crippen molar-refractivity contribution >= 4 is 45.0 Å². The maximum absolute atomic E-state index is 12.8. The molecule has 0 N–H and O–H groups in total. The van der Waals surface area contributed by atoms with Gasteiger partial charge in [-0.1, -0.05) is 43.7 Å². The van der Waals surface area contributed by atoms with Crippen LogP contribution in [0, 0.1) is 26.1 Å². The molecule has 148 valence electrons. The molecular weight excluding hydrogens is 408 g/mol. The van der Waals surface area contributed by atoms with Crippen LogP contribution in [0.1, 0.15) is 25.0 Å². The van der Waals surface area contributed by atoms with E-state index in [4.69, 9.17) is 11.6 Å². The lowest BCUT2D eigenvalue weighted by Crippen LogP contribution is -2.14. The fourth-order valence-electron chi connectivity index (χ4n) is 2.56. The summed E-state index contributed by atoms with van der Waals surface area (Å²) >= 11 is 5.82. The van der Waals surface area contributed by atoms with Crippen LogP contribution in [0.2, 0.25) is 5.02 Å². The minimum absolute atomic E-state index is 0.203. The normalized spacial score (nSPS) is 11.9. The van der Waals surface area contributed by atoms with Gasteiger partial charge in [-0.15, -0.1) is 0 Å². The number of hydrogen-bond donors (Lipinski definition) is 0. The van der Waals surface area contributed by atoms with Crippen molar-refractivity contribution in [2.75, 3.05) is 5.75 Å². The number of halogens is 1. The van der Waals surface area contributed by atoms with Crippen LogP contribution in [0.4, 0.5) is 11.4 Å². The Bertz CT molecular complexity index is 1050. The van der Waals surface area contributed by atoms with Gasteiger partial charge in [-0.3, -0.25) is 20.2 Å². The van der Waals surface area contributed by atoms with Crippen molar-refractivity contribution in [1.82, 2.24) is 0 Å². The zero-order chi connectivity index (χ0) is 21.1. The SMILES string of the molecule is CC(C)CS(=O)(=O)c1cc([N+](=O)[O-])cc([N+](=O)[O-])c1/C=C/c1ccc(Cl)cc1. The summed E-state index contributed by atoms with van der Waals surface area (Å²) in [6.45, 7) is 3.35. The highest BCUT2D eigenvalue weighted by Crippen LogP contribution is 2.34. The van der Waals surface area contributed by atoms with Crippen molar-refractivity contribution in [2.24, 2.45) is 5.92 Å². The average Bonchev–Trinajstić information content (AvgIpc) is 2.59. The minimum atomic E-state index is -3.99. The molecule has 2 aromatic rings. The smallest absolute Gasteiger partial charge is 0.258 e. The third-order valence-corrected chi connectivity index (χ3v) is 6.08. The van der Waals surface area contributed by atoms with Crippen LogP contribution in [-0.4, -0.2) is 24.0 Å². The van der Waals surface area contributed by atoms with Crippen LogP contribution in [0.5, 0.6) is 0 Å². The highest BCUT2D eigenvalue weighted by atomic mass is 35.5. The Balaban J connectivity index is 2.74. The molecule has 0 fully saturated rings. The first-order valence-corrected chi connectivity index (χ1v) is 10.2. The summed E-state index contributed by atoms with van der Waals surface area (Å²) in [5, 5.41) is 23.1. The predicted molar refractivity (Wildman–Crippen MR) is 107 cm³/mol. The highest BCUT2D eigenvalue weighted by Gasteiger charge is 2.29. The van der Waals surface area contributed by atoms with Crippen LogP contribution in [0.15, 0.2) is 41.3 Å². The van der Waals surface area contributed by atoms with E-state index < -0.39 is 36.0 Å². The molecule has 0 bridgehead atoms. The van der Waals surface area contributed by atoms with Crippen molar-refractivity contribution in [1.29, 1.82) is 0 Å². The lowest BCUT2D eigenvalue weighted by Gasteiger charge is -2.10. The topological polar surface area (TPSA) is 120 Å². The van der Waals surface area contributed by atoms with Gasteiger partial charge in [0.05, 0.1) is 32.1 Å². The summed E-state index contributed by atoms with van der Waals surface area (Å²) in [6.07, 6.45) is 2.76. The van der Waals surface area contributed by atoms with E-state index >= 15 is 0 Å². The monoisotopic (exact) mass is 424 g/mol. The maximum Gasteiger partial charge on any atom is 0.284 e. The molecule has 2 aromatic carbocycles. The molecule has 0 saturated heterocycles. The number of nitro groups is 2. The van der Waals surface area contributed by atoms with Crippen LogP contribution in [-0.2, 0) is 9.84 Å². The van der Waals surface area contributed by atoms with Gasteiger partial charge in [0.2, 0.25) is 0 Å². The molecule has 0 aromatic heterocycles. The lowest BCUT2D eigenvalue weighted by molar-refractivity contribution is -0.394. The average molecular weight is 425 g/mol. The molecular formula is C18H17ClN2O6S. The molecule has 0 amide bonds. The first-order chi connectivity index (χ1) is 13.0. The molecule has 10 heteroatoms. The number of rotatable bonds is 7. The summed E-state index contributed by atoms with van der Waals surface area (Å²) < 4.78 is 25.5. The third kappa shape index (κ3) is 5.14. The van der Waals surface area contributed by atoms with Gasteiger partial charge >= 0.3 is 0 Å². The van der Waals surface area contributed by atoms with Gasteiger partial charge in [-0.05, 0) is 29.7 Å². The Morgan fingerprint density at radius 3 is 2.14 bits per heavy atom. The number of nitro benzene ring substituents is 2. The van der Waals surface area contributed by atoms with Gasteiger partial charge in [0, 0.05) is 11.1 Å². The fourth-order valence-corrected chi connectivity index (χ4v) is 4.55. The van der Waals surface area contributed by atoms with Crippen LogP contribution in [0.25, 0.3) is 12.2 Å². The van der Waals surface area contributed by atoms with Gasteiger partial charge in [0.25, 0.3) is 11.4 Å². The first-order valence-electron chi connectivity index (χ1n) is 8.14. The molecule has 0 aliphatic heterocycles. The molecule has 0 atom stereocenters. The summed E-state index contributed by atoms with van der Waals surface area (Å²) in [5.41, 5.74) is -0.880. The van der Waals surface area contributed by atoms with E-state index in [9.17, 15) is 28.6 Å². The summed E-state index contributed by atoms with van der Waals surface area (Å²) in [4.78, 5) is 20.5. The largest absolute Gasteiger partial charge is 0.284 e. The molecule has 0 radical (unpaired) electrons. The van der Waals surface area contributed by atoms with Crippen LogP contribution < -0.4 is 0 Å². The molecule has 28 heavy (non-hydrogen) atoms. The van der Waals surface area contributed by atoms with Crippen LogP contribution >= 0.6 is 11.6 Å². The van der Waals surface area contributed by atoms with E-state index in [2.05, 4.69) is 0 Å². The second kappa shape index (κ2) is 8.49. The highest BCUT2D eigenvalue weighted by molar-refractivity contribution is 7.91. The zero-order valence-corrected chi connectivity index (χ0v) is 16.6. The minimum Gasteiger partial charge on any atom is -0.258 e. The zero-order valence-electron chi connectivity index (χ0n) is 15.0. The van der Waals surface area contributed by atoms with Crippen molar-refractivity contribution in [3.63, 3.8) is 0 Å². The van der Waals surface area contributed by atoms with E-state index in [-0.39, 0.29) is 17.2 Å². The first kappa shape index (κ1) is 21.5. The van der Waals surface area contributed by atoms with Gasteiger partial charge in [-0.2, -0.15) is 0 Å². The Hall–Kier alpha value is -2.78. The Kier molecular flexibility index (Phi) is 6.52. The Labute approximate surface area is 166 Å². The quantitative estimate of drug-likeness (QED) is 0.359. The van der Waals surface area contributed by atoms with E-state index in [0.29, 0.717) is 10.6 Å². The van der Waals surface area contributed by atoms with E-state index in [1.165, 1.54) is 12.2 Å². The van der Waals surface area contributed by atoms with Crippen molar-refractivity contribution in [3.8, 4) is 0 Å². The van der Waals surface area contributed by atoms with Crippen LogP contribution in [0.3, 0.4) is 0 Å². The molecule has 0 unspecified atom stereocenters. The number of hydrogen-bond acceptors (Lipinski definition) is 6. The summed E-state index contributed by atoms with van der Waals surface area (Å²) in [6, 6.07) is 8.16. The third-order valence-electron chi connectivity index (χ3n) is 3.71. The van der Waals surface area contributed by atoms with Gasteiger partial charge < -0.3 is 0 Å². The number of sulfone groups is 1. The maximum atomic E-state index is 12.8. The van der Waals surface area contributed by atoms with Crippen molar-refractivity contribution < 1.29 is 18.3 Å². The van der Waals surface area contributed by atoms with Gasteiger partial charge in [0.15, 0.2) is 9.84 Å². The fraction of sp³-hybridized carbons (Fsp3) is 0.222. The Morgan fingerprint density at radius 1 is 1.04 bits per heavy atom. The Morgan fingerprint density at radius 2 is 1.64 bits per heavy atom. The predicted octanol–water partition coefficient (Wildman–Crippen LogP) is 4.76. The second-order valence-electron chi connectivity index (χ2n) is 6.45. The summed E-state index contributed by atoms with van der Waals surface area (Å²) in [5.74, 6) is -0.566. The van der Waals surface area contributed by atoms with Gasteiger partial charge in [-0.25, -0.2) is 8.42 Å². The van der Waals surface area contributed by atoms with Gasteiger partial charge in [0.1, 0.15) is 0 Å². The molecule has 8 nitrogen and oxygen atoms in total. The lowest BCUT2D eigenvalue weighted by atomic mass is 10.1. The molecule has 0 aliphatic rings. The van der Waals surface area contributed by atoms with E-state index in [1.54, 1.807) is 38.1 Å². The number of nitrogens with zero attached hydrogens (tertiary/aromatic N) is 2. The number of benzene rings is 2. The van der Waals surface area contributed by atoms with E-state index in [1.807, 2.05) is 0 Å². The molecule has 2 rings (SSSR count). The van der Waals surface area contributed by atoms with E-state index in [0.717, 1.165) is 12.1 Å². The number of non-ortho nitro benzene ring substituents is 1. The van der Waals surface area contributed by atoms with Crippen molar-refractivity contribution in [3.05, 3.63) is 72.8 Å². The standard InChI is InChI=1S/C18H17ClN2O6S/c1-12(2)11-28(26,27)18-10-15(20(22)23)9-17(21(24)25)16(18)8-5-13-3-6-14(19)7-4-13/h3-10,12H,11H2,1-2H3/b8-5+. The molecule has 0 spiro atoms. The van der Waals surface area contributed by atoms with Crippen molar-refractivity contribution in [2.45, 2.75) is 18.7 Å². The second-order valence-corrected chi connectivity index (χ2v) is 8.89. The molecule has 0 heterocycles. The summed E-state index contributed by atoms with van der Waals surface area (Å²) in [7, 11) is -3.99.